The molecule has 1 amide bonds. The number of benzene rings is 1. The Morgan fingerprint density at radius 2 is 2.00 bits per heavy atom. The Bertz CT molecular complexity index is 698. The lowest BCUT2D eigenvalue weighted by Gasteiger charge is -2.17. The number of amides is 1. The number of pyridine rings is 1. The summed E-state index contributed by atoms with van der Waals surface area (Å²) in [4.78, 5) is 16.1. The normalized spacial score (nSPS) is 14.5. The van der Waals surface area contributed by atoms with Crippen LogP contribution in [0.2, 0.25) is 0 Å². The first-order chi connectivity index (χ1) is 9.93. The summed E-state index contributed by atoms with van der Waals surface area (Å²) in [5, 5.41) is 2.74. The molecule has 0 atom stereocenters. The van der Waals surface area contributed by atoms with E-state index in [-0.39, 0.29) is 5.91 Å². The minimum absolute atomic E-state index is 0.0926. The molecule has 1 aromatic heterocycles. The van der Waals surface area contributed by atoms with E-state index in [2.05, 4.69) is 10.3 Å². The van der Waals surface area contributed by atoms with Crippen molar-refractivity contribution in [2.24, 2.45) is 0 Å². The molecule has 0 bridgehead atoms. The number of carbonyl (C=O) groups is 1. The van der Waals surface area contributed by atoms with Gasteiger partial charge in [-0.1, -0.05) is 6.07 Å². The fourth-order valence-corrected chi connectivity index (χ4v) is 2.76. The van der Waals surface area contributed by atoms with Gasteiger partial charge in [-0.05, 0) is 24.3 Å². The monoisotopic (exact) mass is 310 g/mol. The quantitative estimate of drug-likeness (QED) is 0.871. The van der Waals surface area contributed by atoms with Crippen LogP contribution in [0.4, 0.5) is 18.9 Å². The fraction of sp³-hybridized carbons (Fsp3) is 0.143. The average molecular weight is 310 g/mol. The van der Waals surface area contributed by atoms with Gasteiger partial charge in [0.15, 0.2) is 0 Å². The number of halogens is 3. The molecule has 3 rings (SSSR count). The third-order valence-corrected chi connectivity index (χ3v) is 4.07. The molecular weight excluding hydrogens is 301 g/mol. The van der Waals surface area contributed by atoms with Crippen LogP contribution in [0.5, 0.6) is 0 Å². The van der Waals surface area contributed by atoms with E-state index in [9.17, 15) is 18.0 Å². The highest BCUT2D eigenvalue weighted by molar-refractivity contribution is 8.00. The van der Waals surface area contributed by atoms with E-state index in [0.717, 1.165) is 17.2 Å². The summed E-state index contributed by atoms with van der Waals surface area (Å²) in [5.74, 6) is 0.273. The Hall–Kier alpha value is -2.02. The minimum Gasteiger partial charge on any atom is -0.324 e. The van der Waals surface area contributed by atoms with Gasteiger partial charge in [0.05, 0.1) is 22.7 Å². The number of hydrogen-bond acceptors (Lipinski definition) is 3. The zero-order chi connectivity index (χ0) is 15.0. The summed E-state index contributed by atoms with van der Waals surface area (Å²) in [6.45, 7) is 0. The zero-order valence-corrected chi connectivity index (χ0v) is 11.4. The molecule has 0 saturated carbocycles. The van der Waals surface area contributed by atoms with Crippen molar-refractivity contribution in [3.63, 3.8) is 0 Å². The molecule has 2 aromatic rings. The second kappa shape index (κ2) is 5.07. The van der Waals surface area contributed by atoms with E-state index in [4.69, 9.17) is 0 Å². The van der Waals surface area contributed by atoms with Crippen LogP contribution >= 0.6 is 11.8 Å². The molecule has 21 heavy (non-hydrogen) atoms. The zero-order valence-electron chi connectivity index (χ0n) is 10.6. The predicted molar refractivity (Wildman–Crippen MR) is 74.0 cm³/mol. The van der Waals surface area contributed by atoms with Gasteiger partial charge < -0.3 is 5.32 Å². The maximum absolute atomic E-state index is 12.5. The largest absolute Gasteiger partial charge is 0.417 e. The van der Waals surface area contributed by atoms with Crippen LogP contribution in [0.15, 0.2) is 41.4 Å². The first kappa shape index (κ1) is 13.9. The second-order valence-corrected chi connectivity index (χ2v) is 5.49. The highest BCUT2D eigenvalue weighted by Crippen LogP contribution is 2.35. The van der Waals surface area contributed by atoms with Gasteiger partial charge >= 0.3 is 6.18 Å². The first-order valence-electron chi connectivity index (χ1n) is 6.04. The van der Waals surface area contributed by atoms with Crippen molar-refractivity contribution in [1.82, 2.24) is 4.98 Å². The Labute approximate surface area is 122 Å². The molecule has 7 heteroatoms. The lowest BCUT2D eigenvalue weighted by atomic mass is 10.1. The molecule has 108 valence electrons. The maximum atomic E-state index is 12.5. The number of rotatable bonds is 1. The Morgan fingerprint density at radius 3 is 2.67 bits per heavy atom. The van der Waals surface area contributed by atoms with Crippen molar-refractivity contribution in [3.05, 3.63) is 42.1 Å². The van der Waals surface area contributed by atoms with Gasteiger partial charge in [0.1, 0.15) is 0 Å². The highest BCUT2D eigenvalue weighted by atomic mass is 32.2. The molecule has 2 heterocycles. The minimum atomic E-state index is -4.40. The van der Waals surface area contributed by atoms with E-state index in [1.54, 1.807) is 12.1 Å². The number of nitrogens with zero attached hydrogens (tertiary/aromatic N) is 1. The standard InChI is InChI=1S/C14H9F3N2OS/c15-14(16,17)9-2-3-10(18-6-9)8-1-4-12-11(5-8)19-13(20)7-21-12/h1-6H,7H2,(H,19,20). The van der Waals surface area contributed by atoms with Crippen molar-refractivity contribution in [1.29, 1.82) is 0 Å². The SMILES string of the molecule is O=C1CSc2ccc(-c3ccc(C(F)(F)F)cn3)cc2N1. The van der Waals surface area contributed by atoms with Gasteiger partial charge in [0.25, 0.3) is 0 Å². The lowest BCUT2D eigenvalue weighted by molar-refractivity contribution is -0.137. The van der Waals surface area contributed by atoms with Crippen LogP contribution in [0.25, 0.3) is 11.3 Å². The summed E-state index contributed by atoms with van der Waals surface area (Å²) in [7, 11) is 0. The van der Waals surface area contributed by atoms with E-state index < -0.39 is 11.7 Å². The van der Waals surface area contributed by atoms with Gasteiger partial charge in [-0.15, -0.1) is 11.8 Å². The third-order valence-electron chi connectivity index (χ3n) is 3.00. The molecule has 0 fully saturated rings. The molecule has 0 unspecified atom stereocenters. The first-order valence-corrected chi connectivity index (χ1v) is 7.02. The number of hydrogen-bond donors (Lipinski definition) is 1. The van der Waals surface area contributed by atoms with Gasteiger partial charge in [-0.3, -0.25) is 9.78 Å². The molecule has 1 aliphatic rings. The number of fused-ring (bicyclic) bond motifs is 1. The molecule has 3 nitrogen and oxygen atoms in total. The maximum Gasteiger partial charge on any atom is 0.417 e. The van der Waals surface area contributed by atoms with Crippen molar-refractivity contribution in [3.8, 4) is 11.3 Å². The fourth-order valence-electron chi connectivity index (χ4n) is 1.97. The number of aromatic nitrogens is 1. The molecule has 1 aliphatic heterocycles. The number of thioether (sulfide) groups is 1. The van der Waals surface area contributed by atoms with E-state index in [0.29, 0.717) is 22.7 Å². The Morgan fingerprint density at radius 1 is 1.19 bits per heavy atom. The summed E-state index contributed by atoms with van der Waals surface area (Å²) in [5.41, 5.74) is 0.962. The van der Waals surface area contributed by atoms with Crippen LogP contribution in [0.1, 0.15) is 5.56 Å². The van der Waals surface area contributed by atoms with Crippen LogP contribution in [-0.4, -0.2) is 16.6 Å². The van der Waals surface area contributed by atoms with Gasteiger partial charge in [-0.25, -0.2) is 0 Å². The highest BCUT2D eigenvalue weighted by Gasteiger charge is 2.30. The molecular formula is C14H9F3N2OS. The Balaban J connectivity index is 1.94. The summed E-state index contributed by atoms with van der Waals surface area (Å²) in [6, 6.07) is 7.64. The molecule has 0 saturated heterocycles. The van der Waals surface area contributed by atoms with Crippen LogP contribution in [-0.2, 0) is 11.0 Å². The van der Waals surface area contributed by atoms with Crippen LogP contribution in [0, 0.1) is 0 Å². The van der Waals surface area contributed by atoms with Crippen LogP contribution in [0.3, 0.4) is 0 Å². The molecule has 1 N–H and O–H groups in total. The van der Waals surface area contributed by atoms with Crippen molar-refractivity contribution in [2.75, 3.05) is 11.1 Å². The van der Waals surface area contributed by atoms with Crippen molar-refractivity contribution >= 4 is 23.4 Å². The van der Waals surface area contributed by atoms with Crippen molar-refractivity contribution in [2.45, 2.75) is 11.1 Å². The predicted octanol–water partition coefficient (Wildman–Crippen LogP) is 3.81. The van der Waals surface area contributed by atoms with Gasteiger partial charge in [0.2, 0.25) is 5.91 Å². The molecule has 0 radical (unpaired) electrons. The topological polar surface area (TPSA) is 42.0 Å². The lowest BCUT2D eigenvalue weighted by Crippen LogP contribution is -2.18. The summed E-state index contributed by atoms with van der Waals surface area (Å²) < 4.78 is 37.5. The number of carbonyl (C=O) groups excluding carboxylic acids is 1. The van der Waals surface area contributed by atoms with E-state index in [1.807, 2.05) is 6.07 Å². The molecule has 1 aromatic carbocycles. The molecule has 0 aliphatic carbocycles. The van der Waals surface area contributed by atoms with E-state index >= 15 is 0 Å². The number of alkyl halides is 3. The van der Waals surface area contributed by atoms with Gasteiger partial charge in [0, 0.05) is 16.7 Å². The average Bonchev–Trinajstić information content (AvgIpc) is 2.45. The number of anilines is 1. The Kier molecular flexibility index (Phi) is 3.36. The van der Waals surface area contributed by atoms with Crippen LogP contribution < -0.4 is 5.32 Å². The van der Waals surface area contributed by atoms with Gasteiger partial charge in [-0.2, -0.15) is 13.2 Å². The molecule has 0 spiro atoms. The smallest absolute Gasteiger partial charge is 0.324 e. The second-order valence-electron chi connectivity index (χ2n) is 4.48. The summed E-state index contributed by atoms with van der Waals surface area (Å²) >= 11 is 1.43. The summed E-state index contributed by atoms with van der Waals surface area (Å²) in [6.07, 6.45) is -3.59. The number of nitrogens with one attached hydrogen (secondary N) is 1. The third kappa shape index (κ3) is 2.87. The van der Waals surface area contributed by atoms with E-state index in [1.165, 1.54) is 17.8 Å². The van der Waals surface area contributed by atoms with Crippen molar-refractivity contribution < 1.29 is 18.0 Å².